The summed E-state index contributed by atoms with van der Waals surface area (Å²) in [6.45, 7) is 39.2. The zero-order valence-electron chi connectivity index (χ0n) is 65.6. The normalized spacial score (nSPS) is 11.5. The number of hydrogen-bond acceptors (Lipinski definition) is 3. The number of hydrogen-bond donors (Lipinski definition) is 0. The fourth-order valence-corrected chi connectivity index (χ4v) is 18.1. The van der Waals surface area contributed by atoms with E-state index in [0.29, 0.717) is 0 Å². The van der Waals surface area contributed by atoms with Gasteiger partial charge in [-0.05, 0) is 242 Å². The number of benzene rings is 12. The predicted molar refractivity (Wildman–Crippen MR) is 452 cm³/mol. The molecule has 0 fully saturated rings. The van der Waals surface area contributed by atoms with Crippen molar-refractivity contribution in [3.8, 4) is 68.3 Å². The number of imidazole rings is 3. The van der Waals surface area contributed by atoms with Gasteiger partial charge in [-0.2, -0.15) is 0 Å². The van der Waals surface area contributed by atoms with Gasteiger partial charge in [0.25, 0.3) is 0 Å². The van der Waals surface area contributed by atoms with E-state index in [4.69, 9.17) is 15.0 Å². The molecule has 18 rings (SSSR count). The van der Waals surface area contributed by atoms with Crippen LogP contribution in [0.25, 0.3) is 134 Å². The van der Waals surface area contributed by atoms with Crippen molar-refractivity contribution < 1.29 is 20.1 Å². The van der Waals surface area contributed by atoms with Crippen molar-refractivity contribution in [3.63, 3.8) is 0 Å². The Balaban J connectivity index is 0.000000130. The predicted octanol–water partition coefficient (Wildman–Crippen LogP) is 24.9. The maximum Gasteiger partial charge on any atom is 3.00 e. The van der Waals surface area contributed by atoms with Gasteiger partial charge in [0.15, 0.2) is 0 Å². The molecule has 0 aliphatic carbocycles. The van der Waals surface area contributed by atoms with E-state index in [1.807, 2.05) is 18.6 Å². The van der Waals surface area contributed by atoms with Gasteiger partial charge in [0.1, 0.15) is 0 Å². The number of fused-ring (bicyclic) bond motifs is 9. The second-order valence-electron chi connectivity index (χ2n) is 30.3. The van der Waals surface area contributed by atoms with Crippen LogP contribution in [0.1, 0.15) is 100 Å². The van der Waals surface area contributed by atoms with E-state index in [-0.39, 0.29) is 20.1 Å². The second kappa shape index (κ2) is 28.8. The van der Waals surface area contributed by atoms with Gasteiger partial charge in [0, 0.05) is 87.9 Å². The summed E-state index contributed by atoms with van der Waals surface area (Å²) in [6.07, 6.45) is 11.8. The molecule has 0 saturated heterocycles. The molecule has 0 aliphatic rings. The van der Waals surface area contributed by atoms with Crippen molar-refractivity contribution in [1.82, 2.24) is 42.4 Å². The van der Waals surface area contributed by atoms with Crippen LogP contribution in [0.15, 0.2) is 219 Å². The molecule has 0 N–H and O–H groups in total. The Morgan fingerprint density at radius 3 is 0.651 bits per heavy atom. The first kappa shape index (κ1) is 72.9. The number of nitrogens with zero attached hydrogens (tertiary/aromatic N) is 9. The minimum atomic E-state index is 0. The van der Waals surface area contributed by atoms with Crippen LogP contribution in [0.3, 0.4) is 0 Å². The van der Waals surface area contributed by atoms with Crippen LogP contribution in [0.2, 0.25) is 0 Å². The third kappa shape index (κ3) is 12.8. The van der Waals surface area contributed by atoms with Gasteiger partial charge in [0.05, 0.1) is 17.5 Å². The van der Waals surface area contributed by atoms with Gasteiger partial charge < -0.3 is 27.4 Å². The fourth-order valence-electron chi connectivity index (χ4n) is 18.1. The Bertz CT molecular complexity index is 5890. The topological polar surface area (TPSA) is 68.2 Å². The van der Waals surface area contributed by atoms with Gasteiger partial charge in [-0.25, -0.2) is 0 Å². The molecule has 109 heavy (non-hydrogen) atoms. The Morgan fingerprint density at radius 1 is 0.229 bits per heavy atom. The molecule has 0 unspecified atom stereocenters. The van der Waals surface area contributed by atoms with Gasteiger partial charge in [0.2, 0.25) is 0 Å². The molecule has 0 aliphatic heterocycles. The first-order valence-electron chi connectivity index (χ1n) is 37.4. The maximum atomic E-state index is 4.78. The smallest absolute Gasteiger partial charge is 0.350 e. The van der Waals surface area contributed by atoms with Gasteiger partial charge >= 0.3 is 20.1 Å². The molecule has 6 aromatic heterocycles. The minimum Gasteiger partial charge on any atom is -0.350 e. The number of aromatic nitrogens is 9. The second-order valence-corrected chi connectivity index (χ2v) is 30.3. The molecule has 0 spiro atoms. The van der Waals surface area contributed by atoms with E-state index in [0.717, 1.165) is 50.7 Å². The van der Waals surface area contributed by atoms with Crippen LogP contribution in [-0.2, 0) is 20.1 Å². The molecule has 540 valence electrons. The third-order valence-corrected chi connectivity index (χ3v) is 21.7. The van der Waals surface area contributed by atoms with E-state index < -0.39 is 0 Å². The van der Waals surface area contributed by atoms with E-state index >= 15 is 0 Å². The summed E-state index contributed by atoms with van der Waals surface area (Å²) >= 11 is 0. The molecule has 0 bridgehead atoms. The van der Waals surface area contributed by atoms with Crippen molar-refractivity contribution in [2.45, 2.75) is 125 Å². The summed E-state index contributed by atoms with van der Waals surface area (Å²) in [5.74, 6) is 2.73. The number of para-hydroxylation sites is 3. The van der Waals surface area contributed by atoms with Crippen molar-refractivity contribution in [2.24, 2.45) is 0 Å². The summed E-state index contributed by atoms with van der Waals surface area (Å²) in [7, 11) is 0. The van der Waals surface area contributed by atoms with Crippen LogP contribution in [0.5, 0.6) is 0 Å². The Labute approximate surface area is 653 Å². The molecule has 18 aromatic rings. The maximum absolute atomic E-state index is 4.78. The Hall–Kier alpha value is -11.7. The van der Waals surface area contributed by atoms with Crippen LogP contribution >= 0.6 is 0 Å². The Morgan fingerprint density at radius 2 is 0.431 bits per heavy atom. The molecule has 0 amide bonds. The fraction of sp³-hybridized carbons (Fsp3) is 0.182. The Kier molecular flexibility index (Phi) is 19.3. The summed E-state index contributed by atoms with van der Waals surface area (Å²) in [5.41, 5.74) is 40.2. The van der Waals surface area contributed by atoms with Crippen molar-refractivity contribution in [2.75, 3.05) is 0 Å². The van der Waals surface area contributed by atoms with Gasteiger partial charge in [-0.15, -0.1) is 71.3 Å². The van der Waals surface area contributed by atoms with Crippen molar-refractivity contribution >= 4 is 65.4 Å². The average Bonchev–Trinajstić information content (AvgIpc) is 1.59. The molecule has 0 saturated carbocycles. The summed E-state index contributed by atoms with van der Waals surface area (Å²) in [4.78, 5) is 14.3. The van der Waals surface area contributed by atoms with Crippen molar-refractivity contribution in [3.05, 3.63) is 338 Å². The van der Waals surface area contributed by atoms with Gasteiger partial charge in [-0.3, -0.25) is 15.0 Å². The molecule has 0 atom stereocenters. The number of aryl methyl sites for hydroxylation is 18. The SMILES string of the molecule is Cc1cc(C)c(-n2ccnc2-c2[c-]cc3c(c2)c2ccccc2n3-c2c(C)cc(C)cc2C)c(C)c1.Cc1cc(C)c(-n2ccnc2-c2[c-]cc3c(c2)c2ccccc2n3-c2c(C)cc(C)cc2C)c(C)c1.Cc1cc(C)c(-n2ccnc2-c2[c-]cc3c(c2)c2ccccc2n3-c2c(C)cc(C)cc2C)c(C)c1.[Ir+3]. The third-order valence-electron chi connectivity index (χ3n) is 21.7. The van der Waals surface area contributed by atoms with Crippen LogP contribution < -0.4 is 0 Å². The van der Waals surface area contributed by atoms with Gasteiger partial charge in [-0.1, -0.05) is 177 Å². The summed E-state index contributed by atoms with van der Waals surface area (Å²) < 4.78 is 13.8. The molecule has 12 aromatic carbocycles. The summed E-state index contributed by atoms with van der Waals surface area (Å²) in [5, 5.41) is 7.36. The largest absolute Gasteiger partial charge is 3.00 e. The molecule has 6 heterocycles. The van der Waals surface area contributed by atoms with Crippen LogP contribution in [0.4, 0.5) is 0 Å². The van der Waals surface area contributed by atoms with Crippen LogP contribution in [-0.4, -0.2) is 42.4 Å². The monoisotopic (exact) mass is 1600 g/mol. The van der Waals surface area contributed by atoms with E-state index in [2.05, 4.69) is 371 Å². The molecule has 10 heteroatoms. The van der Waals surface area contributed by atoms with E-state index in [9.17, 15) is 0 Å². The van der Waals surface area contributed by atoms with Crippen molar-refractivity contribution in [1.29, 1.82) is 0 Å². The van der Waals surface area contributed by atoms with E-state index in [1.165, 1.54) is 183 Å². The molecular weight excluding hydrogens is 1510 g/mol. The molecular formula is C99H90IrN9. The number of rotatable bonds is 9. The zero-order chi connectivity index (χ0) is 75.4. The standard InChI is InChI=1S/3C33H30N3.Ir/c3*1-20-15-22(3)31(23(4)16-20)35-14-13-34-33(35)26-11-12-30-28(19-26)27-9-7-8-10-29(27)36(30)32-24(5)17-21(2)18-25(32)6;/h3*7-10,12-19H,1-6H3;/q3*-1;+3. The first-order valence-corrected chi connectivity index (χ1v) is 37.4. The quantitative estimate of drug-likeness (QED) is 0.135. The first-order chi connectivity index (χ1) is 52.0. The average molecular weight is 1600 g/mol. The van der Waals surface area contributed by atoms with E-state index in [1.54, 1.807) is 0 Å². The van der Waals surface area contributed by atoms with Crippen LogP contribution in [0, 0.1) is 143 Å². The zero-order valence-corrected chi connectivity index (χ0v) is 68.0. The molecule has 9 nitrogen and oxygen atoms in total. The minimum absolute atomic E-state index is 0. The summed E-state index contributed by atoms with van der Waals surface area (Å²) in [6, 6.07) is 77.0. The molecule has 0 radical (unpaired) electrons.